The molecule has 1 aliphatic heterocycles. The van der Waals surface area contributed by atoms with Crippen molar-refractivity contribution in [3.63, 3.8) is 0 Å². The van der Waals surface area contributed by atoms with Crippen LogP contribution in [0.25, 0.3) is 17.1 Å². The predicted molar refractivity (Wildman–Crippen MR) is 181 cm³/mol. The van der Waals surface area contributed by atoms with Crippen LogP contribution in [-0.4, -0.2) is 52.7 Å². The van der Waals surface area contributed by atoms with Gasteiger partial charge in [-0.2, -0.15) is 5.10 Å². The molecule has 1 atom stereocenters. The third-order valence-corrected chi connectivity index (χ3v) is 8.91. The smallest absolute Gasteiger partial charge is 0.376 e. The molecule has 1 fully saturated rings. The van der Waals surface area contributed by atoms with Gasteiger partial charge in [0, 0.05) is 25.8 Å². The van der Waals surface area contributed by atoms with Crippen molar-refractivity contribution in [2.75, 3.05) is 37.9 Å². The van der Waals surface area contributed by atoms with Crippen LogP contribution in [0.1, 0.15) is 36.5 Å². The van der Waals surface area contributed by atoms with Gasteiger partial charge in [0.1, 0.15) is 23.9 Å². The van der Waals surface area contributed by atoms with Crippen molar-refractivity contribution in [1.29, 1.82) is 0 Å². The molecule has 6 rings (SSSR count). The molecule has 0 bridgehead atoms. The predicted octanol–water partition coefficient (Wildman–Crippen LogP) is 6.58. The molecule has 47 heavy (non-hydrogen) atoms. The minimum Gasteiger partial charge on any atom is -0.488 e. The number of aromatic nitrogens is 4. The zero-order valence-electron chi connectivity index (χ0n) is 26.7. The van der Waals surface area contributed by atoms with Crippen molar-refractivity contribution in [3.05, 3.63) is 118 Å². The van der Waals surface area contributed by atoms with Crippen molar-refractivity contribution in [2.45, 2.75) is 33.0 Å². The molecule has 0 saturated carbocycles. The molecule has 12 heteroatoms. The van der Waals surface area contributed by atoms with E-state index in [-0.39, 0.29) is 19.1 Å². The van der Waals surface area contributed by atoms with Gasteiger partial charge in [0.15, 0.2) is 5.82 Å². The Hall–Kier alpha value is -4.70. The Kier molecular flexibility index (Phi) is 9.87. The van der Waals surface area contributed by atoms with Gasteiger partial charge in [-0.25, -0.2) is 24.0 Å². The lowest BCUT2D eigenvalue weighted by Crippen LogP contribution is -2.36. The van der Waals surface area contributed by atoms with Crippen LogP contribution in [0.2, 0.25) is 0 Å². The van der Waals surface area contributed by atoms with E-state index < -0.39 is 13.3 Å². The molecule has 0 amide bonds. The Morgan fingerprint density at radius 2 is 1.60 bits per heavy atom. The molecule has 3 aromatic carbocycles. The van der Waals surface area contributed by atoms with E-state index in [2.05, 4.69) is 20.1 Å². The van der Waals surface area contributed by atoms with E-state index in [1.165, 1.54) is 11.2 Å². The van der Waals surface area contributed by atoms with Crippen LogP contribution >= 0.6 is 7.60 Å². The lowest BCUT2D eigenvalue weighted by atomic mass is 9.98. The van der Waals surface area contributed by atoms with Gasteiger partial charge in [-0.15, -0.1) is 0 Å². The third kappa shape index (κ3) is 7.82. The van der Waals surface area contributed by atoms with Gasteiger partial charge in [-0.3, -0.25) is 4.52 Å². The number of hydrogen-bond donors (Lipinski definition) is 1. The molecule has 2 aromatic heterocycles. The van der Waals surface area contributed by atoms with Gasteiger partial charge in [0.25, 0.3) is 0 Å². The molecule has 11 nitrogen and oxygen atoms in total. The van der Waals surface area contributed by atoms with Crippen molar-refractivity contribution >= 4 is 13.4 Å². The van der Waals surface area contributed by atoms with Crippen LogP contribution in [-0.2, 0) is 27.0 Å². The fourth-order valence-electron chi connectivity index (χ4n) is 5.32. The standard InChI is InChI=1S/C35H38N5O6P/c1-25(2)29-20-30(34-37-38-35(41)40(34)28-14-15-33(36-22-28)39-16-18-43-19-17-39)31(44-23-26-10-6-4-7-11-26)21-32(29)46-47(3,42)45-24-27-12-8-5-9-13-27/h4-15,20-22,25H,16-19,23-24H2,1-3H3,(H,38,41). The number of hydrogen-bond acceptors (Lipinski definition) is 9. The summed E-state index contributed by atoms with van der Waals surface area (Å²) in [5, 5.41) is 7.03. The Labute approximate surface area is 273 Å². The number of H-pyrrole nitrogens is 1. The average molecular weight is 656 g/mol. The van der Waals surface area contributed by atoms with Crippen LogP contribution in [0.4, 0.5) is 5.82 Å². The highest BCUT2D eigenvalue weighted by Crippen LogP contribution is 2.49. The van der Waals surface area contributed by atoms with Crippen LogP contribution in [0.5, 0.6) is 11.5 Å². The highest BCUT2D eigenvalue weighted by Gasteiger charge is 2.26. The Balaban J connectivity index is 1.38. The molecule has 0 radical (unpaired) electrons. The summed E-state index contributed by atoms with van der Waals surface area (Å²) in [7, 11) is -3.55. The maximum absolute atomic E-state index is 13.6. The van der Waals surface area contributed by atoms with E-state index in [0.717, 1.165) is 35.6 Å². The number of nitrogens with one attached hydrogen (secondary N) is 1. The Bertz CT molecular complexity index is 1890. The minimum atomic E-state index is -3.55. The molecular weight excluding hydrogens is 617 g/mol. The number of benzene rings is 3. The van der Waals surface area contributed by atoms with Crippen LogP contribution in [0.15, 0.2) is 95.9 Å². The number of morpholine rings is 1. The second-order valence-electron chi connectivity index (χ2n) is 11.6. The lowest BCUT2D eigenvalue weighted by Gasteiger charge is -2.27. The van der Waals surface area contributed by atoms with Gasteiger partial charge < -0.3 is 18.9 Å². The van der Waals surface area contributed by atoms with Crippen molar-refractivity contribution < 1.29 is 23.1 Å². The molecule has 0 spiro atoms. The van der Waals surface area contributed by atoms with Gasteiger partial charge >= 0.3 is 13.3 Å². The number of aromatic amines is 1. The average Bonchev–Trinajstić information content (AvgIpc) is 3.48. The van der Waals surface area contributed by atoms with Crippen molar-refractivity contribution in [2.24, 2.45) is 0 Å². The molecular formula is C35H38N5O6P. The first kappa shape index (κ1) is 32.2. The quantitative estimate of drug-likeness (QED) is 0.149. The first-order valence-electron chi connectivity index (χ1n) is 15.5. The molecule has 1 aliphatic rings. The third-order valence-electron chi connectivity index (χ3n) is 7.78. The minimum absolute atomic E-state index is 0.0466. The second kappa shape index (κ2) is 14.4. The molecule has 244 valence electrons. The number of nitrogens with zero attached hydrogens (tertiary/aromatic N) is 4. The van der Waals surface area contributed by atoms with Crippen molar-refractivity contribution in [3.8, 4) is 28.6 Å². The first-order chi connectivity index (χ1) is 22.8. The lowest BCUT2D eigenvalue weighted by molar-refractivity contribution is 0.122. The largest absolute Gasteiger partial charge is 0.488 e. The number of rotatable bonds is 12. The number of pyridine rings is 1. The zero-order chi connectivity index (χ0) is 32.8. The SMILES string of the molecule is CC(C)c1cc(-c2n[nH]c(=O)n2-c2ccc(N3CCOCC3)nc2)c(OCc2ccccc2)cc1OP(C)(=O)OCc1ccccc1. The van der Waals surface area contributed by atoms with E-state index in [0.29, 0.717) is 41.8 Å². The maximum atomic E-state index is 13.6. The molecule has 3 heterocycles. The number of ether oxygens (including phenoxy) is 2. The van der Waals surface area contributed by atoms with Crippen LogP contribution in [0.3, 0.4) is 0 Å². The van der Waals surface area contributed by atoms with Gasteiger partial charge in [-0.1, -0.05) is 74.5 Å². The van der Waals surface area contributed by atoms with Gasteiger partial charge in [-0.05, 0) is 40.8 Å². The van der Waals surface area contributed by atoms with E-state index in [1.54, 1.807) is 12.3 Å². The molecule has 5 aromatic rings. The Morgan fingerprint density at radius 1 is 0.915 bits per heavy atom. The topological polar surface area (TPSA) is 121 Å². The van der Waals surface area contributed by atoms with E-state index in [9.17, 15) is 9.36 Å². The highest BCUT2D eigenvalue weighted by molar-refractivity contribution is 7.53. The van der Waals surface area contributed by atoms with E-state index in [1.807, 2.05) is 92.7 Å². The fourth-order valence-corrected chi connectivity index (χ4v) is 6.27. The van der Waals surface area contributed by atoms with Crippen molar-refractivity contribution in [1.82, 2.24) is 19.7 Å². The fraction of sp³-hybridized carbons (Fsp3) is 0.286. The monoisotopic (exact) mass is 655 g/mol. The summed E-state index contributed by atoms with van der Waals surface area (Å²) in [5.74, 6) is 1.87. The number of anilines is 1. The molecule has 0 aliphatic carbocycles. The van der Waals surface area contributed by atoms with E-state index in [4.69, 9.17) is 18.5 Å². The zero-order valence-corrected chi connectivity index (χ0v) is 27.6. The Morgan fingerprint density at radius 3 is 2.23 bits per heavy atom. The van der Waals surface area contributed by atoms with Gasteiger partial charge in [0.05, 0.1) is 37.3 Å². The molecule has 1 saturated heterocycles. The summed E-state index contributed by atoms with van der Waals surface area (Å²) in [6.45, 7) is 8.64. The van der Waals surface area contributed by atoms with Crippen LogP contribution in [0, 0.1) is 0 Å². The summed E-state index contributed by atoms with van der Waals surface area (Å²) in [4.78, 5) is 20.0. The summed E-state index contributed by atoms with van der Waals surface area (Å²) < 4.78 is 38.8. The molecule has 1 unspecified atom stereocenters. The van der Waals surface area contributed by atoms with Gasteiger partial charge in [0.2, 0.25) is 0 Å². The van der Waals surface area contributed by atoms with Crippen LogP contribution < -0.4 is 19.9 Å². The second-order valence-corrected chi connectivity index (χ2v) is 13.6. The first-order valence-corrected chi connectivity index (χ1v) is 17.5. The molecule has 1 N–H and O–H groups in total. The summed E-state index contributed by atoms with van der Waals surface area (Å²) >= 11 is 0. The summed E-state index contributed by atoms with van der Waals surface area (Å²) in [6, 6.07) is 26.6. The normalized spacial score (nSPS) is 14.6. The summed E-state index contributed by atoms with van der Waals surface area (Å²) in [5.41, 5.74) is 3.26. The highest BCUT2D eigenvalue weighted by atomic mass is 31.2. The summed E-state index contributed by atoms with van der Waals surface area (Å²) in [6.07, 6.45) is 1.66. The van der Waals surface area contributed by atoms with E-state index >= 15 is 0 Å². The maximum Gasteiger partial charge on any atom is 0.376 e.